The number of nitrogens with one attached hydrogen (secondary N) is 2. The van der Waals surface area contributed by atoms with Gasteiger partial charge in [-0.05, 0) is 37.5 Å². The molecular formula is C24H35IN4O3. The molecule has 1 aliphatic heterocycles. The Kier molecular flexibility index (Phi) is 11.6. The number of guanidine groups is 1. The third-order valence-electron chi connectivity index (χ3n) is 4.87. The van der Waals surface area contributed by atoms with Gasteiger partial charge in [0.1, 0.15) is 11.9 Å². The molecule has 0 aliphatic carbocycles. The quantitative estimate of drug-likeness (QED) is 0.260. The minimum Gasteiger partial charge on any atom is -0.488 e. The van der Waals surface area contributed by atoms with Crippen molar-refractivity contribution in [2.24, 2.45) is 4.99 Å². The predicted octanol–water partition coefficient (Wildman–Crippen LogP) is 4.22. The van der Waals surface area contributed by atoms with Crippen LogP contribution >= 0.6 is 24.0 Å². The first-order valence-electron chi connectivity index (χ1n) is 11.1. The number of nitrogens with zero attached hydrogens (tertiary/aromatic N) is 2. The molecular weight excluding hydrogens is 519 g/mol. The van der Waals surface area contributed by atoms with Gasteiger partial charge in [-0.3, -0.25) is 0 Å². The lowest BCUT2D eigenvalue weighted by Gasteiger charge is -2.18. The largest absolute Gasteiger partial charge is 0.488 e. The zero-order valence-corrected chi connectivity index (χ0v) is 21.6. The average Bonchev–Trinajstić information content (AvgIpc) is 3.29. The summed E-state index contributed by atoms with van der Waals surface area (Å²) in [6.07, 6.45) is 3.84. The van der Waals surface area contributed by atoms with Crippen molar-refractivity contribution in [1.82, 2.24) is 15.6 Å². The minimum absolute atomic E-state index is 0. The van der Waals surface area contributed by atoms with Gasteiger partial charge in [0.25, 0.3) is 0 Å². The number of aliphatic imine (C=N–C) groups is 1. The number of rotatable bonds is 10. The zero-order valence-electron chi connectivity index (χ0n) is 19.2. The van der Waals surface area contributed by atoms with Gasteiger partial charge >= 0.3 is 0 Å². The molecule has 0 bridgehead atoms. The molecule has 1 aromatic heterocycles. The van der Waals surface area contributed by atoms with Gasteiger partial charge in [-0.1, -0.05) is 25.1 Å². The molecule has 2 aromatic rings. The number of pyridine rings is 1. The number of ether oxygens (including phenoxy) is 3. The van der Waals surface area contributed by atoms with Crippen molar-refractivity contribution in [3.63, 3.8) is 0 Å². The molecule has 0 radical (unpaired) electrons. The number of hydrogen-bond acceptors (Lipinski definition) is 5. The molecule has 3 rings (SSSR count). The second-order valence-corrected chi connectivity index (χ2v) is 7.62. The summed E-state index contributed by atoms with van der Waals surface area (Å²) in [5.74, 6) is 2.31. The van der Waals surface area contributed by atoms with E-state index in [1.165, 1.54) is 5.56 Å². The maximum absolute atomic E-state index is 6.20. The maximum atomic E-state index is 6.20. The molecule has 32 heavy (non-hydrogen) atoms. The van der Waals surface area contributed by atoms with E-state index < -0.39 is 0 Å². The molecule has 1 aromatic carbocycles. The van der Waals surface area contributed by atoms with Crippen molar-refractivity contribution in [2.45, 2.75) is 52.8 Å². The molecule has 1 fully saturated rings. The molecule has 2 N–H and O–H groups in total. The highest BCUT2D eigenvalue weighted by molar-refractivity contribution is 14.0. The van der Waals surface area contributed by atoms with Crippen LogP contribution in [-0.4, -0.2) is 43.4 Å². The predicted molar refractivity (Wildman–Crippen MR) is 138 cm³/mol. The van der Waals surface area contributed by atoms with Gasteiger partial charge in [-0.2, -0.15) is 0 Å². The van der Waals surface area contributed by atoms with Gasteiger partial charge in [0.05, 0.1) is 26.4 Å². The van der Waals surface area contributed by atoms with Crippen LogP contribution < -0.4 is 20.1 Å². The fraction of sp³-hybridized carbons (Fsp3) is 0.500. The molecule has 1 saturated heterocycles. The molecule has 0 spiro atoms. The van der Waals surface area contributed by atoms with Gasteiger partial charge in [0, 0.05) is 37.3 Å². The van der Waals surface area contributed by atoms with Crippen LogP contribution in [-0.2, 0) is 17.8 Å². The fourth-order valence-corrected chi connectivity index (χ4v) is 3.19. The van der Waals surface area contributed by atoms with Crippen LogP contribution in [0.25, 0.3) is 0 Å². The summed E-state index contributed by atoms with van der Waals surface area (Å²) in [6.45, 7) is 10.2. The van der Waals surface area contributed by atoms with Gasteiger partial charge in [-0.25, -0.2) is 9.98 Å². The lowest BCUT2D eigenvalue weighted by molar-refractivity contribution is 0.140. The van der Waals surface area contributed by atoms with Crippen molar-refractivity contribution in [2.75, 3.05) is 26.4 Å². The van der Waals surface area contributed by atoms with E-state index in [1.54, 1.807) is 0 Å². The normalized spacial score (nSPS) is 15.7. The van der Waals surface area contributed by atoms with Gasteiger partial charge in [0.2, 0.25) is 5.88 Å². The van der Waals surface area contributed by atoms with E-state index >= 15 is 0 Å². The Hall–Kier alpha value is -2.07. The molecule has 0 amide bonds. The maximum Gasteiger partial charge on any atom is 0.213 e. The van der Waals surface area contributed by atoms with Crippen LogP contribution in [0.3, 0.4) is 0 Å². The SMILES string of the molecule is CCCOc1ccc(CN=C(NCC)NCc2ccc(C)cc2OC2CCOC2)cn1.I. The topological polar surface area (TPSA) is 77.0 Å². The Bertz CT molecular complexity index is 840. The Labute approximate surface area is 208 Å². The summed E-state index contributed by atoms with van der Waals surface area (Å²) in [4.78, 5) is 9.04. The standard InChI is InChI=1S/C24H34N4O3.HI/c1-4-11-30-23-9-7-19(14-26-23)15-27-24(25-5-2)28-16-20-8-6-18(3)13-22(20)31-21-10-12-29-17-21;/h6-9,13-14,21H,4-5,10-12,15-17H2,1-3H3,(H2,25,27,28);1H. The molecule has 0 saturated carbocycles. The van der Waals surface area contributed by atoms with E-state index in [9.17, 15) is 0 Å². The third kappa shape index (κ3) is 8.46. The van der Waals surface area contributed by atoms with Crippen LogP contribution in [0.5, 0.6) is 11.6 Å². The van der Waals surface area contributed by atoms with E-state index in [4.69, 9.17) is 19.2 Å². The van der Waals surface area contributed by atoms with Gasteiger partial charge in [-0.15, -0.1) is 24.0 Å². The molecule has 176 valence electrons. The third-order valence-corrected chi connectivity index (χ3v) is 4.87. The number of aromatic nitrogens is 1. The zero-order chi connectivity index (χ0) is 21.9. The molecule has 2 heterocycles. The van der Waals surface area contributed by atoms with Crippen molar-refractivity contribution in [3.05, 3.63) is 53.2 Å². The summed E-state index contributed by atoms with van der Waals surface area (Å²) in [6, 6.07) is 10.2. The monoisotopic (exact) mass is 554 g/mol. The first-order chi connectivity index (χ1) is 15.2. The van der Waals surface area contributed by atoms with Crippen LogP contribution in [0.1, 0.15) is 43.4 Å². The Balaban J connectivity index is 0.00000363. The first kappa shape index (κ1) is 26.2. The summed E-state index contributed by atoms with van der Waals surface area (Å²) >= 11 is 0. The average molecular weight is 554 g/mol. The summed E-state index contributed by atoms with van der Waals surface area (Å²) in [5, 5.41) is 6.71. The van der Waals surface area contributed by atoms with Crippen LogP contribution in [0, 0.1) is 6.92 Å². The summed E-state index contributed by atoms with van der Waals surface area (Å²) in [5.41, 5.74) is 3.31. The summed E-state index contributed by atoms with van der Waals surface area (Å²) in [7, 11) is 0. The highest BCUT2D eigenvalue weighted by Crippen LogP contribution is 2.23. The van der Waals surface area contributed by atoms with Crippen LogP contribution in [0.15, 0.2) is 41.5 Å². The first-order valence-corrected chi connectivity index (χ1v) is 11.1. The number of hydrogen-bond donors (Lipinski definition) is 2. The highest BCUT2D eigenvalue weighted by atomic mass is 127. The van der Waals surface area contributed by atoms with Crippen molar-refractivity contribution >= 4 is 29.9 Å². The second kappa shape index (κ2) is 14.2. The molecule has 1 unspecified atom stereocenters. The van der Waals surface area contributed by atoms with Crippen molar-refractivity contribution < 1.29 is 14.2 Å². The van der Waals surface area contributed by atoms with Crippen molar-refractivity contribution in [1.29, 1.82) is 0 Å². The van der Waals surface area contributed by atoms with Crippen LogP contribution in [0.4, 0.5) is 0 Å². The van der Waals surface area contributed by atoms with Crippen LogP contribution in [0.2, 0.25) is 0 Å². The Morgan fingerprint density at radius 1 is 1.22 bits per heavy atom. The molecule has 8 heteroatoms. The number of benzene rings is 1. The molecule has 7 nitrogen and oxygen atoms in total. The molecule has 1 aliphatic rings. The Morgan fingerprint density at radius 2 is 2.09 bits per heavy atom. The lowest BCUT2D eigenvalue weighted by Crippen LogP contribution is -2.37. The lowest BCUT2D eigenvalue weighted by atomic mass is 10.1. The van der Waals surface area contributed by atoms with Crippen molar-refractivity contribution in [3.8, 4) is 11.6 Å². The summed E-state index contributed by atoms with van der Waals surface area (Å²) < 4.78 is 17.2. The number of halogens is 1. The fourth-order valence-electron chi connectivity index (χ4n) is 3.19. The van der Waals surface area contributed by atoms with Gasteiger partial charge < -0.3 is 24.8 Å². The van der Waals surface area contributed by atoms with E-state index in [2.05, 4.69) is 54.6 Å². The minimum atomic E-state index is 0. The smallest absolute Gasteiger partial charge is 0.213 e. The number of aryl methyl sites for hydroxylation is 1. The van der Waals surface area contributed by atoms with E-state index in [0.29, 0.717) is 32.2 Å². The van der Waals surface area contributed by atoms with E-state index in [-0.39, 0.29) is 30.1 Å². The Morgan fingerprint density at radius 3 is 2.78 bits per heavy atom. The molecule has 1 atom stereocenters. The van der Waals surface area contributed by atoms with Gasteiger partial charge in [0.15, 0.2) is 5.96 Å². The van der Waals surface area contributed by atoms with E-state index in [1.807, 2.05) is 18.3 Å². The van der Waals surface area contributed by atoms with E-state index in [0.717, 1.165) is 48.8 Å². The highest BCUT2D eigenvalue weighted by Gasteiger charge is 2.18. The second-order valence-electron chi connectivity index (χ2n) is 7.62.